The first kappa shape index (κ1) is 20.0. The van der Waals surface area contributed by atoms with Crippen molar-refractivity contribution in [2.75, 3.05) is 17.2 Å². The van der Waals surface area contributed by atoms with E-state index in [1.54, 1.807) is 25.1 Å². The van der Waals surface area contributed by atoms with Gasteiger partial charge in [0.1, 0.15) is 5.75 Å². The molecule has 3 N–H and O–H groups in total. The van der Waals surface area contributed by atoms with Crippen LogP contribution >= 0.6 is 0 Å². The number of carbonyl (C=O) groups is 3. The van der Waals surface area contributed by atoms with Crippen LogP contribution in [0.5, 0.6) is 5.75 Å². The van der Waals surface area contributed by atoms with E-state index in [9.17, 15) is 19.5 Å². The molecule has 2 aromatic carbocycles. The monoisotopic (exact) mass is 370 g/mol. The second-order valence-electron chi connectivity index (χ2n) is 5.96. The molecular weight excluding hydrogens is 348 g/mol. The third-order valence-corrected chi connectivity index (χ3v) is 3.73. The molecule has 0 aliphatic rings. The highest BCUT2D eigenvalue weighted by Gasteiger charge is 2.19. The maximum atomic E-state index is 12.2. The Kier molecular flexibility index (Phi) is 6.93. The zero-order chi connectivity index (χ0) is 19.8. The van der Waals surface area contributed by atoms with Gasteiger partial charge in [-0.2, -0.15) is 0 Å². The number of carbonyl (C=O) groups excluding carboxylic acids is 3. The van der Waals surface area contributed by atoms with Crippen LogP contribution in [0.2, 0.25) is 0 Å². The summed E-state index contributed by atoms with van der Waals surface area (Å²) in [5, 5.41) is 14.6. The molecule has 0 aliphatic carbocycles. The fourth-order valence-corrected chi connectivity index (χ4v) is 2.26. The SMILES string of the molecule is CCCCOC(=O)c1ccccc1NC(=O)C(=O)Nc1ccc(C)cc1O. The van der Waals surface area contributed by atoms with Crippen LogP contribution in [0.4, 0.5) is 11.4 Å². The zero-order valence-corrected chi connectivity index (χ0v) is 15.2. The second-order valence-corrected chi connectivity index (χ2v) is 5.96. The maximum absolute atomic E-state index is 12.2. The van der Waals surface area contributed by atoms with Gasteiger partial charge in [0.05, 0.1) is 23.5 Å². The van der Waals surface area contributed by atoms with E-state index in [1.165, 1.54) is 24.3 Å². The molecule has 0 heterocycles. The van der Waals surface area contributed by atoms with E-state index < -0.39 is 17.8 Å². The van der Waals surface area contributed by atoms with E-state index in [4.69, 9.17) is 4.74 Å². The van der Waals surface area contributed by atoms with Crippen LogP contribution in [0, 0.1) is 6.92 Å². The van der Waals surface area contributed by atoms with Gasteiger partial charge in [-0.25, -0.2) is 4.79 Å². The summed E-state index contributed by atoms with van der Waals surface area (Å²) in [6, 6.07) is 10.9. The van der Waals surface area contributed by atoms with Crippen molar-refractivity contribution in [1.82, 2.24) is 0 Å². The van der Waals surface area contributed by atoms with E-state index in [0.29, 0.717) is 0 Å². The van der Waals surface area contributed by atoms with Gasteiger partial charge in [-0.15, -0.1) is 0 Å². The Morgan fingerprint density at radius 2 is 1.67 bits per heavy atom. The normalized spacial score (nSPS) is 10.1. The number of unbranched alkanes of at least 4 members (excludes halogenated alkanes) is 1. The number of amides is 2. The number of anilines is 2. The molecule has 2 amide bonds. The summed E-state index contributed by atoms with van der Waals surface area (Å²) in [6.07, 6.45) is 1.63. The Balaban J connectivity index is 2.06. The third kappa shape index (κ3) is 5.57. The molecule has 0 saturated carbocycles. The van der Waals surface area contributed by atoms with Gasteiger partial charge in [-0.3, -0.25) is 9.59 Å². The molecule has 0 bridgehead atoms. The number of benzene rings is 2. The molecule has 0 aliphatic heterocycles. The number of esters is 1. The minimum atomic E-state index is -0.969. The average molecular weight is 370 g/mol. The highest BCUT2D eigenvalue weighted by atomic mass is 16.5. The van der Waals surface area contributed by atoms with Crippen LogP contribution in [-0.4, -0.2) is 29.5 Å². The Morgan fingerprint density at radius 3 is 2.33 bits per heavy atom. The first-order chi connectivity index (χ1) is 12.9. The number of rotatable bonds is 6. The van der Waals surface area contributed by atoms with Gasteiger partial charge in [0, 0.05) is 0 Å². The van der Waals surface area contributed by atoms with E-state index in [0.717, 1.165) is 18.4 Å². The lowest BCUT2D eigenvalue weighted by Gasteiger charge is -2.11. The molecule has 7 heteroatoms. The summed E-state index contributed by atoms with van der Waals surface area (Å²) in [5.41, 5.74) is 1.26. The fraction of sp³-hybridized carbons (Fsp3) is 0.250. The number of phenolic OH excluding ortho intramolecular Hbond substituents is 1. The summed E-state index contributed by atoms with van der Waals surface area (Å²) >= 11 is 0. The van der Waals surface area contributed by atoms with Crippen molar-refractivity contribution >= 4 is 29.2 Å². The number of aryl methyl sites for hydroxylation is 1. The number of para-hydroxylation sites is 1. The Labute approximate surface area is 157 Å². The molecule has 0 spiro atoms. The Hall–Kier alpha value is -3.35. The smallest absolute Gasteiger partial charge is 0.340 e. The fourth-order valence-electron chi connectivity index (χ4n) is 2.26. The van der Waals surface area contributed by atoms with Crippen molar-refractivity contribution < 1.29 is 24.2 Å². The largest absolute Gasteiger partial charge is 0.506 e. The zero-order valence-electron chi connectivity index (χ0n) is 15.2. The molecule has 0 radical (unpaired) electrons. The summed E-state index contributed by atoms with van der Waals surface area (Å²) in [5.74, 6) is -2.65. The lowest BCUT2D eigenvalue weighted by atomic mass is 10.1. The van der Waals surface area contributed by atoms with Crippen molar-refractivity contribution in [3.05, 3.63) is 53.6 Å². The minimum absolute atomic E-state index is 0.119. The van der Waals surface area contributed by atoms with Crippen LogP contribution in [0.15, 0.2) is 42.5 Å². The Bertz CT molecular complexity index is 848. The summed E-state index contributed by atoms with van der Waals surface area (Å²) in [6.45, 7) is 4.05. The van der Waals surface area contributed by atoms with Gasteiger partial charge >= 0.3 is 17.8 Å². The standard InChI is InChI=1S/C20H22N2O5/c1-3-4-11-27-20(26)14-7-5-6-8-15(14)21-18(24)19(25)22-16-10-9-13(2)12-17(16)23/h5-10,12,23H,3-4,11H2,1-2H3,(H,21,24)(H,22,25). The van der Waals surface area contributed by atoms with Crippen LogP contribution < -0.4 is 10.6 Å². The highest BCUT2D eigenvalue weighted by molar-refractivity contribution is 6.44. The van der Waals surface area contributed by atoms with Crippen molar-refractivity contribution in [3.63, 3.8) is 0 Å². The predicted octanol–water partition coefficient (Wildman–Crippen LogP) is 3.23. The van der Waals surface area contributed by atoms with E-state index in [2.05, 4.69) is 10.6 Å². The van der Waals surface area contributed by atoms with Crippen molar-refractivity contribution in [3.8, 4) is 5.75 Å². The number of hydrogen-bond acceptors (Lipinski definition) is 5. The molecule has 0 atom stereocenters. The molecule has 142 valence electrons. The van der Waals surface area contributed by atoms with Crippen molar-refractivity contribution in [2.24, 2.45) is 0 Å². The van der Waals surface area contributed by atoms with E-state index >= 15 is 0 Å². The number of aromatic hydroxyl groups is 1. The highest BCUT2D eigenvalue weighted by Crippen LogP contribution is 2.24. The molecule has 0 fully saturated rings. The Morgan fingerprint density at radius 1 is 1.00 bits per heavy atom. The first-order valence-electron chi connectivity index (χ1n) is 8.60. The van der Waals surface area contributed by atoms with E-state index in [1.807, 2.05) is 6.92 Å². The van der Waals surface area contributed by atoms with Gasteiger partial charge < -0.3 is 20.5 Å². The van der Waals surface area contributed by atoms with Gasteiger partial charge in [0.15, 0.2) is 0 Å². The van der Waals surface area contributed by atoms with Crippen molar-refractivity contribution in [1.29, 1.82) is 0 Å². The molecule has 7 nitrogen and oxygen atoms in total. The van der Waals surface area contributed by atoms with E-state index in [-0.39, 0.29) is 29.3 Å². The third-order valence-electron chi connectivity index (χ3n) is 3.73. The molecule has 0 aromatic heterocycles. The summed E-state index contributed by atoms with van der Waals surface area (Å²) in [7, 11) is 0. The first-order valence-corrected chi connectivity index (χ1v) is 8.60. The summed E-state index contributed by atoms with van der Waals surface area (Å²) in [4.78, 5) is 36.4. The minimum Gasteiger partial charge on any atom is -0.506 e. The molecular formula is C20H22N2O5. The maximum Gasteiger partial charge on any atom is 0.340 e. The molecule has 2 rings (SSSR count). The quantitative estimate of drug-likeness (QED) is 0.313. The van der Waals surface area contributed by atoms with Gasteiger partial charge in [-0.05, 0) is 43.2 Å². The number of nitrogens with one attached hydrogen (secondary N) is 2. The molecule has 2 aromatic rings. The van der Waals surface area contributed by atoms with Crippen LogP contribution in [0.3, 0.4) is 0 Å². The average Bonchev–Trinajstić information content (AvgIpc) is 2.64. The van der Waals surface area contributed by atoms with Gasteiger partial charge in [-0.1, -0.05) is 31.5 Å². The van der Waals surface area contributed by atoms with Gasteiger partial charge in [0.2, 0.25) is 0 Å². The lowest BCUT2D eigenvalue weighted by molar-refractivity contribution is -0.133. The predicted molar refractivity (Wildman–Crippen MR) is 102 cm³/mol. The topological polar surface area (TPSA) is 105 Å². The van der Waals surface area contributed by atoms with Gasteiger partial charge in [0.25, 0.3) is 0 Å². The summed E-state index contributed by atoms with van der Waals surface area (Å²) < 4.78 is 5.15. The number of ether oxygens (including phenoxy) is 1. The molecule has 0 unspecified atom stereocenters. The van der Waals surface area contributed by atoms with Crippen LogP contribution in [0.1, 0.15) is 35.7 Å². The molecule has 27 heavy (non-hydrogen) atoms. The van der Waals surface area contributed by atoms with Crippen molar-refractivity contribution in [2.45, 2.75) is 26.7 Å². The lowest BCUT2D eigenvalue weighted by Crippen LogP contribution is -2.29. The van der Waals surface area contributed by atoms with Crippen LogP contribution in [-0.2, 0) is 14.3 Å². The number of phenols is 1. The molecule has 0 saturated heterocycles. The second kappa shape index (κ2) is 9.38. The van der Waals surface area contributed by atoms with Crippen LogP contribution in [0.25, 0.3) is 0 Å². The number of hydrogen-bond donors (Lipinski definition) is 3.